The fourth-order valence-corrected chi connectivity index (χ4v) is 11.6. The number of piperazine rings is 1. The van der Waals surface area contributed by atoms with E-state index < -0.39 is 35.2 Å². The molecule has 4 aliphatic rings. The molecule has 5 aromatic rings. The molecule has 0 spiro atoms. The number of fused-ring (bicyclic) bond motifs is 5. The second kappa shape index (κ2) is 22.6. The number of carbonyl (C=O) groups is 4. The number of phenolic OH excluding ortho intramolecular Hbond substituents is 1. The number of nitrogens with zero attached hydrogens (tertiary/aromatic N) is 6. The zero-order valence-corrected chi connectivity index (χ0v) is 42.6. The van der Waals surface area contributed by atoms with Crippen molar-refractivity contribution in [3.63, 3.8) is 0 Å². The van der Waals surface area contributed by atoms with E-state index in [0.717, 1.165) is 44.1 Å². The lowest BCUT2D eigenvalue weighted by Crippen LogP contribution is -2.51. The summed E-state index contributed by atoms with van der Waals surface area (Å²) in [7, 11) is 3.10. The van der Waals surface area contributed by atoms with Crippen LogP contribution >= 0.6 is 0 Å². The summed E-state index contributed by atoms with van der Waals surface area (Å²) < 4.78 is 44.6. The van der Waals surface area contributed by atoms with Crippen LogP contribution in [0.2, 0.25) is 0 Å². The summed E-state index contributed by atoms with van der Waals surface area (Å²) >= 11 is 0. The molecule has 0 aliphatic carbocycles. The van der Waals surface area contributed by atoms with Crippen LogP contribution in [0.25, 0.3) is 32.9 Å². The zero-order chi connectivity index (χ0) is 53.0. The molecule has 3 amide bonds. The monoisotopic (exact) mass is 1030 g/mol. The van der Waals surface area contributed by atoms with E-state index in [9.17, 15) is 24.3 Å². The van der Waals surface area contributed by atoms with Crippen molar-refractivity contribution in [2.45, 2.75) is 101 Å². The lowest BCUT2D eigenvalue weighted by atomic mass is 9.94. The Morgan fingerprint density at radius 3 is 2.63 bits per heavy atom. The molecule has 75 heavy (non-hydrogen) atoms. The van der Waals surface area contributed by atoms with Crippen LogP contribution in [-0.2, 0) is 9.53 Å². The van der Waals surface area contributed by atoms with Crippen LogP contribution in [0.4, 0.5) is 25.1 Å². The molecule has 0 radical (unpaired) electrons. The van der Waals surface area contributed by atoms with Gasteiger partial charge < -0.3 is 45.6 Å². The SMILES string of the molecule is C#Cc1c(F)ccc2cc(O)cc(-c3ncc4c(N5CC6CCC(C5)N6)nc(OC[C@@]56CC[C@@H](COC(=O)NCCCCCNc7cccc(C=O)c7C(=O)N(C)C(CCC)C(=O)NC)N5CC(=C)C6)nc4c3F)c12. The molecular formula is C56H64F2N10O7. The number of alkyl carbamates (subject to hydrolysis) is 1. The second-order valence-electron chi connectivity index (χ2n) is 20.2. The molecule has 4 saturated heterocycles. The number of benzene rings is 3. The van der Waals surface area contributed by atoms with Gasteiger partial charge in [0, 0.05) is 93.3 Å². The van der Waals surface area contributed by atoms with Crippen LogP contribution in [0, 0.1) is 24.0 Å². The number of nitrogens with one attached hydrogen (secondary N) is 4. The van der Waals surface area contributed by atoms with Crippen LogP contribution in [-0.4, -0.2) is 144 Å². The van der Waals surface area contributed by atoms with Crippen molar-refractivity contribution < 1.29 is 42.5 Å². The Morgan fingerprint density at radius 1 is 1.09 bits per heavy atom. The molecular weight excluding hydrogens is 963 g/mol. The van der Waals surface area contributed by atoms with Crippen molar-refractivity contribution in [1.82, 2.24) is 40.7 Å². The largest absolute Gasteiger partial charge is 0.508 e. The summed E-state index contributed by atoms with van der Waals surface area (Å²) in [6, 6.07) is 10.1. The number of aromatic hydroxyl groups is 1. The molecule has 17 nitrogen and oxygen atoms in total. The normalized spacial score (nSPS) is 20.4. The number of hydrogen-bond donors (Lipinski definition) is 5. The number of carbonyl (C=O) groups excluding carboxylic acids is 4. The molecule has 4 aliphatic heterocycles. The van der Waals surface area contributed by atoms with E-state index in [4.69, 9.17) is 20.9 Å². The van der Waals surface area contributed by atoms with Gasteiger partial charge in [0.2, 0.25) is 5.91 Å². The van der Waals surface area contributed by atoms with Crippen LogP contribution < -0.4 is 30.9 Å². The van der Waals surface area contributed by atoms with E-state index in [1.807, 2.05) is 6.92 Å². The van der Waals surface area contributed by atoms with Gasteiger partial charge in [-0.3, -0.25) is 24.3 Å². The summed E-state index contributed by atoms with van der Waals surface area (Å²) in [5, 5.41) is 24.2. The number of aldehydes is 1. The number of aromatic nitrogens is 3. The Hall–Kier alpha value is -7.43. The number of rotatable bonds is 20. The number of anilines is 2. The minimum atomic E-state index is -0.798. The molecule has 394 valence electrons. The molecule has 19 heteroatoms. The fourth-order valence-electron chi connectivity index (χ4n) is 11.6. The minimum Gasteiger partial charge on any atom is -0.508 e. The highest BCUT2D eigenvalue weighted by atomic mass is 19.1. The Bertz CT molecular complexity index is 3070. The number of ether oxygens (including phenoxy) is 2. The zero-order valence-electron chi connectivity index (χ0n) is 42.6. The first kappa shape index (κ1) is 52.4. The number of terminal acetylenes is 1. The highest BCUT2D eigenvalue weighted by Gasteiger charge is 2.51. The highest BCUT2D eigenvalue weighted by Crippen LogP contribution is 2.45. The van der Waals surface area contributed by atoms with Crippen molar-refractivity contribution >= 4 is 57.4 Å². The first-order chi connectivity index (χ1) is 36.3. The Balaban J connectivity index is 0.823. The van der Waals surface area contributed by atoms with Gasteiger partial charge in [0.05, 0.1) is 22.1 Å². The third-order valence-corrected chi connectivity index (χ3v) is 15.2. The molecule has 5 N–H and O–H groups in total. The third kappa shape index (κ3) is 10.8. The van der Waals surface area contributed by atoms with E-state index in [1.54, 1.807) is 25.2 Å². The molecule has 3 unspecified atom stereocenters. The summed E-state index contributed by atoms with van der Waals surface area (Å²) in [4.78, 5) is 71.2. The van der Waals surface area contributed by atoms with Gasteiger partial charge in [0.25, 0.3) is 5.91 Å². The maximum Gasteiger partial charge on any atom is 0.407 e. The smallest absolute Gasteiger partial charge is 0.407 e. The van der Waals surface area contributed by atoms with Crippen molar-refractivity contribution in [2.75, 3.05) is 70.2 Å². The third-order valence-electron chi connectivity index (χ3n) is 15.2. The molecule has 0 saturated carbocycles. The number of phenols is 1. The van der Waals surface area contributed by atoms with Gasteiger partial charge in [-0.25, -0.2) is 13.6 Å². The van der Waals surface area contributed by atoms with Crippen molar-refractivity contribution in [3.05, 3.63) is 89.1 Å². The van der Waals surface area contributed by atoms with Gasteiger partial charge in [0.15, 0.2) is 12.1 Å². The molecule has 3 aromatic carbocycles. The summed E-state index contributed by atoms with van der Waals surface area (Å²) in [6.45, 7) is 9.34. The van der Waals surface area contributed by atoms with E-state index in [1.165, 1.54) is 42.4 Å². The van der Waals surface area contributed by atoms with Crippen molar-refractivity contribution in [3.8, 4) is 35.4 Å². The van der Waals surface area contributed by atoms with E-state index in [-0.39, 0.29) is 87.9 Å². The fraction of sp³-hybridized carbons (Fsp3) is 0.446. The van der Waals surface area contributed by atoms with Crippen molar-refractivity contribution in [2.24, 2.45) is 0 Å². The maximum absolute atomic E-state index is 17.2. The van der Waals surface area contributed by atoms with Gasteiger partial charge in [0.1, 0.15) is 47.9 Å². The first-order valence-corrected chi connectivity index (χ1v) is 25.8. The summed E-state index contributed by atoms with van der Waals surface area (Å²) in [5.74, 6) is 0.550. The molecule has 2 bridgehead atoms. The Labute approximate surface area is 434 Å². The lowest BCUT2D eigenvalue weighted by molar-refractivity contribution is -0.125. The highest BCUT2D eigenvalue weighted by molar-refractivity contribution is 6.07. The minimum absolute atomic E-state index is 0.0213. The molecule has 2 aromatic heterocycles. The van der Waals surface area contributed by atoms with Crippen LogP contribution in [0.3, 0.4) is 0 Å². The number of hydrogen-bond acceptors (Lipinski definition) is 14. The predicted octanol–water partition coefficient (Wildman–Crippen LogP) is 7.10. The van der Waals surface area contributed by atoms with Gasteiger partial charge >= 0.3 is 12.1 Å². The van der Waals surface area contributed by atoms with E-state index >= 15 is 8.78 Å². The van der Waals surface area contributed by atoms with Gasteiger partial charge in [-0.15, -0.1) is 6.42 Å². The predicted molar refractivity (Wildman–Crippen MR) is 282 cm³/mol. The standard InChI is InChI=1S/C56H64F2N10O7/c1-6-12-45(52(71)59-4)66(5)53(72)47-35(30-69)13-11-14-44(47)60-21-9-8-10-22-61-55(73)74-31-38-19-20-56(25-33(3)27-68(38)56)32-75-54-64-50-42(51(65-54)67-28-36-16-17-37(29-67)63-36)26-62-49(48(50)58)41-24-39(70)23-34-15-18-43(57)40(7-2)46(34)41/h2,11,13-15,18,23-24,26,30,36-38,45,60,63,70H,3,6,8-10,12,16-17,19-22,25,27-29,31-32H2,1,4-5H3,(H,59,71)(H,61,73)/t36?,37?,38-,45?,56-/m0/s1. The second-order valence-corrected chi connectivity index (χ2v) is 20.2. The quantitative estimate of drug-likeness (QED) is 0.0229. The van der Waals surface area contributed by atoms with Crippen LogP contribution in [0.1, 0.15) is 97.4 Å². The summed E-state index contributed by atoms with van der Waals surface area (Å²) in [6.07, 6.45) is 14.8. The van der Waals surface area contributed by atoms with Gasteiger partial charge in [-0.1, -0.05) is 49.6 Å². The molecule has 9 rings (SSSR count). The number of likely N-dealkylation sites (N-methyl/N-ethyl adjacent to an activating group) is 2. The van der Waals surface area contributed by atoms with E-state index in [2.05, 4.69) is 53.5 Å². The number of pyridine rings is 1. The number of amides is 3. The maximum atomic E-state index is 17.2. The van der Waals surface area contributed by atoms with Gasteiger partial charge in [-0.2, -0.15) is 9.97 Å². The number of halogens is 2. The topological polar surface area (TPSA) is 203 Å². The number of unbranched alkanes of at least 4 members (excludes halogenated alkanes) is 2. The Morgan fingerprint density at radius 2 is 1.88 bits per heavy atom. The molecule has 6 heterocycles. The van der Waals surface area contributed by atoms with E-state index in [0.29, 0.717) is 87.0 Å². The average Bonchev–Trinajstić information content (AvgIpc) is 4.05. The average molecular weight is 1030 g/mol. The van der Waals surface area contributed by atoms with Crippen molar-refractivity contribution in [1.29, 1.82) is 0 Å². The first-order valence-electron chi connectivity index (χ1n) is 25.8. The van der Waals surface area contributed by atoms with Crippen LogP contribution in [0.5, 0.6) is 11.8 Å². The molecule has 5 atom stereocenters. The Kier molecular flexibility index (Phi) is 15.8. The van der Waals surface area contributed by atoms with Gasteiger partial charge in [-0.05, 0) is 87.4 Å². The summed E-state index contributed by atoms with van der Waals surface area (Å²) in [5.41, 5.74) is 1.30. The molecule has 4 fully saturated rings. The lowest BCUT2D eigenvalue weighted by Gasteiger charge is -2.35. The van der Waals surface area contributed by atoms with Crippen LogP contribution in [0.15, 0.2) is 60.8 Å².